The van der Waals surface area contributed by atoms with E-state index in [0.29, 0.717) is 0 Å². The number of hydrogen-bond donors (Lipinski definition) is 4. The molecule has 37 heavy (non-hydrogen) atoms. The summed E-state index contributed by atoms with van der Waals surface area (Å²) < 4.78 is 18.3. The minimum absolute atomic E-state index is 0.0495. The lowest BCUT2D eigenvalue weighted by molar-refractivity contribution is -0.328. The fraction of sp³-hybridized carbons (Fsp3) is 0.630. The number of allylic oxidation sites excluding steroid dienone is 1. The first-order valence-electron chi connectivity index (χ1n) is 13.1. The number of piperidine rings is 4. The van der Waals surface area contributed by atoms with Crippen LogP contribution in [0.4, 0.5) is 5.69 Å². The Morgan fingerprint density at radius 1 is 1.24 bits per heavy atom. The predicted molar refractivity (Wildman–Crippen MR) is 129 cm³/mol. The van der Waals surface area contributed by atoms with Crippen LogP contribution in [-0.2, 0) is 24.4 Å². The predicted octanol–water partition coefficient (Wildman–Crippen LogP) is 0.137. The molecule has 1 aromatic rings. The van der Waals surface area contributed by atoms with Gasteiger partial charge in [-0.2, -0.15) is 0 Å². The normalized spacial score (nSPS) is 49.7. The van der Waals surface area contributed by atoms with Crippen LogP contribution in [0.3, 0.4) is 0 Å². The summed E-state index contributed by atoms with van der Waals surface area (Å²) in [6.07, 6.45) is -4.07. The van der Waals surface area contributed by atoms with E-state index in [2.05, 4.69) is 11.0 Å². The lowest BCUT2D eigenvalue weighted by atomic mass is 9.66. The highest BCUT2D eigenvalue weighted by molar-refractivity contribution is 6.08. The van der Waals surface area contributed by atoms with E-state index in [1.54, 1.807) is 0 Å². The summed E-state index contributed by atoms with van der Waals surface area (Å²) in [6.45, 7) is 2.89. The van der Waals surface area contributed by atoms with E-state index in [-0.39, 0.29) is 36.0 Å². The average Bonchev–Trinajstić information content (AvgIpc) is 3.36. The van der Waals surface area contributed by atoms with Crippen molar-refractivity contribution in [1.82, 2.24) is 4.90 Å². The van der Waals surface area contributed by atoms with Gasteiger partial charge in [-0.05, 0) is 42.9 Å². The number of aliphatic hydroxyl groups is 4. The van der Waals surface area contributed by atoms with Crippen molar-refractivity contribution < 1.29 is 39.4 Å². The molecule has 1 aliphatic carbocycles. The van der Waals surface area contributed by atoms with Gasteiger partial charge in [0.2, 0.25) is 0 Å². The lowest BCUT2D eigenvalue weighted by Gasteiger charge is -2.59. The molecular formula is C27H32N2O8. The molecule has 0 radical (unpaired) electrons. The van der Waals surface area contributed by atoms with Gasteiger partial charge in [-0.25, -0.2) is 0 Å². The topological polar surface area (TPSA) is 141 Å². The third-order valence-electron chi connectivity index (χ3n) is 9.62. The maximum Gasteiger partial charge on any atom is 0.302 e. The molecule has 10 heteroatoms. The van der Waals surface area contributed by atoms with E-state index in [1.807, 2.05) is 31.2 Å². The number of rotatable bonds is 4. The quantitative estimate of drug-likeness (QED) is 0.327. The zero-order valence-corrected chi connectivity index (χ0v) is 20.7. The van der Waals surface area contributed by atoms with Crippen LogP contribution >= 0.6 is 0 Å². The van der Waals surface area contributed by atoms with Gasteiger partial charge in [0.15, 0.2) is 6.29 Å². The molecule has 0 aromatic heterocycles. The van der Waals surface area contributed by atoms with Crippen molar-refractivity contribution in [1.29, 1.82) is 0 Å². The standard InChI is InChI=1S/C27H32N2O8/c1-3-12-13-8-16-23-27(14-6-4-5-7-15(14)28-23)9-17(19(13)24(27)35-11(2)31)29(16)25(12)37-26-22(34)21(33)20(32)18(10-30)36-26/h3-7,13,16-22,24-26,30,32-34H,8-10H2,1-2H3/t13-,16-,17-,18+,19?,20+,21-,22+,24+,25+,26-,27+/m0/s1. The maximum atomic E-state index is 12.4. The number of aliphatic hydroxyl groups excluding tert-OH is 4. The van der Waals surface area contributed by atoms with Crippen LogP contribution in [-0.4, -0.2) is 98.7 Å². The molecule has 5 saturated heterocycles. The van der Waals surface area contributed by atoms with Crippen LogP contribution in [0.25, 0.3) is 0 Å². The molecule has 5 bridgehead atoms. The molecule has 0 amide bonds. The number of esters is 1. The number of carbonyl (C=O) groups excluding carboxylic acids is 1. The minimum atomic E-state index is -1.52. The zero-order valence-electron chi connectivity index (χ0n) is 20.7. The number of hydrogen-bond acceptors (Lipinski definition) is 10. The van der Waals surface area contributed by atoms with E-state index in [1.165, 1.54) is 6.92 Å². The SMILES string of the molecule is CC=C1[C@@H](O[C@@H]2O[C@H](CO)[C@@H](O)[C@H](O)[C@H]2O)N2[C@H]3C[C@@H]1C1[C@@H](OC(C)=O)[C@@]4(C[C@@H]12)C3=Nc1ccccc14. The second-order valence-electron chi connectivity index (χ2n) is 11.1. The molecule has 1 saturated carbocycles. The number of ether oxygens (including phenoxy) is 3. The molecule has 8 rings (SSSR count). The van der Waals surface area contributed by atoms with E-state index >= 15 is 0 Å². The average molecular weight is 513 g/mol. The Bertz CT molecular complexity index is 1200. The third-order valence-corrected chi connectivity index (χ3v) is 9.62. The van der Waals surface area contributed by atoms with Gasteiger partial charge in [0.25, 0.3) is 0 Å². The lowest BCUT2D eigenvalue weighted by Crippen LogP contribution is -2.70. The smallest absolute Gasteiger partial charge is 0.302 e. The molecule has 10 nitrogen and oxygen atoms in total. The van der Waals surface area contributed by atoms with Gasteiger partial charge in [0.05, 0.1) is 29.5 Å². The summed E-state index contributed by atoms with van der Waals surface area (Å²) >= 11 is 0. The van der Waals surface area contributed by atoms with Crippen LogP contribution in [0.5, 0.6) is 0 Å². The Hall–Kier alpha value is -2.18. The number of fused-ring (bicyclic) bond motifs is 2. The molecule has 13 atom stereocenters. The van der Waals surface area contributed by atoms with Crippen molar-refractivity contribution in [3.05, 3.63) is 41.5 Å². The number of nitrogens with zero attached hydrogens (tertiary/aromatic N) is 2. The fourth-order valence-electron chi connectivity index (χ4n) is 8.32. The molecule has 2 unspecified atom stereocenters. The molecule has 1 aromatic carbocycles. The molecule has 6 fully saturated rings. The Labute approximate surface area is 214 Å². The Morgan fingerprint density at radius 3 is 2.76 bits per heavy atom. The highest BCUT2D eigenvalue weighted by Gasteiger charge is 2.75. The van der Waals surface area contributed by atoms with Gasteiger partial charge in [-0.1, -0.05) is 24.3 Å². The molecule has 1 spiro atoms. The van der Waals surface area contributed by atoms with Gasteiger partial charge in [0, 0.05) is 18.9 Å². The van der Waals surface area contributed by atoms with Crippen LogP contribution in [0.1, 0.15) is 32.3 Å². The third kappa shape index (κ3) is 2.95. The Balaban J connectivity index is 1.30. The maximum absolute atomic E-state index is 12.4. The Kier molecular flexibility index (Phi) is 5.27. The van der Waals surface area contributed by atoms with Crippen molar-refractivity contribution in [2.45, 2.75) is 87.2 Å². The number of aliphatic imine (C=N–C) groups is 1. The van der Waals surface area contributed by atoms with Crippen LogP contribution in [0.15, 0.2) is 40.9 Å². The van der Waals surface area contributed by atoms with E-state index < -0.39 is 49.0 Å². The molecular weight excluding hydrogens is 480 g/mol. The van der Waals surface area contributed by atoms with Gasteiger partial charge in [-0.15, -0.1) is 0 Å². The molecule has 7 aliphatic rings. The van der Waals surface area contributed by atoms with Crippen LogP contribution in [0, 0.1) is 11.8 Å². The number of para-hydroxylation sites is 1. The molecule has 198 valence electrons. The second-order valence-corrected chi connectivity index (χ2v) is 11.1. The Morgan fingerprint density at radius 2 is 2.03 bits per heavy atom. The van der Waals surface area contributed by atoms with E-state index in [4.69, 9.17) is 19.2 Å². The van der Waals surface area contributed by atoms with Crippen molar-refractivity contribution in [2.75, 3.05) is 6.61 Å². The second kappa shape index (κ2) is 8.16. The van der Waals surface area contributed by atoms with Crippen molar-refractivity contribution in [2.24, 2.45) is 16.8 Å². The van der Waals surface area contributed by atoms with Gasteiger partial charge in [0.1, 0.15) is 36.7 Å². The van der Waals surface area contributed by atoms with E-state index in [9.17, 15) is 25.2 Å². The van der Waals surface area contributed by atoms with Gasteiger partial charge < -0.3 is 34.6 Å². The first-order chi connectivity index (χ1) is 17.8. The first-order valence-corrected chi connectivity index (χ1v) is 13.1. The summed E-state index contributed by atoms with van der Waals surface area (Å²) in [5.74, 6) is -0.176. The molecule has 6 aliphatic heterocycles. The van der Waals surface area contributed by atoms with Crippen LogP contribution < -0.4 is 0 Å². The van der Waals surface area contributed by atoms with Gasteiger partial charge in [-0.3, -0.25) is 14.7 Å². The molecule has 4 N–H and O–H groups in total. The number of benzene rings is 1. The van der Waals surface area contributed by atoms with Crippen molar-refractivity contribution in [3.8, 4) is 0 Å². The summed E-state index contributed by atoms with van der Waals surface area (Å²) in [6, 6.07) is 8.10. The van der Waals surface area contributed by atoms with Crippen molar-refractivity contribution >= 4 is 17.4 Å². The molecule has 6 heterocycles. The highest BCUT2D eigenvalue weighted by Crippen LogP contribution is 2.67. The fourth-order valence-corrected chi connectivity index (χ4v) is 8.32. The summed E-state index contributed by atoms with van der Waals surface area (Å²) in [7, 11) is 0. The minimum Gasteiger partial charge on any atom is -0.461 e. The first kappa shape index (κ1) is 23.9. The largest absolute Gasteiger partial charge is 0.461 e. The highest BCUT2D eigenvalue weighted by atomic mass is 16.7. The van der Waals surface area contributed by atoms with Crippen molar-refractivity contribution in [3.63, 3.8) is 0 Å². The zero-order chi connectivity index (χ0) is 25.8. The summed E-state index contributed by atoms with van der Waals surface area (Å²) in [4.78, 5) is 19.8. The summed E-state index contributed by atoms with van der Waals surface area (Å²) in [5, 5.41) is 40.9. The number of carbonyl (C=O) groups is 1. The summed E-state index contributed by atoms with van der Waals surface area (Å²) in [5.41, 5.74) is 3.57. The van der Waals surface area contributed by atoms with Gasteiger partial charge >= 0.3 is 5.97 Å². The van der Waals surface area contributed by atoms with Crippen LogP contribution in [0.2, 0.25) is 0 Å². The van der Waals surface area contributed by atoms with E-state index in [0.717, 1.165) is 35.4 Å². The monoisotopic (exact) mass is 512 g/mol.